The molecule has 0 aliphatic carbocycles. The maximum atomic E-state index is 13.2. The van der Waals surface area contributed by atoms with Gasteiger partial charge >= 0.3 is 6.18 Å². The van der Waals surface area contributed by atoms with Crippen molar-refractivity contribution in [1.29, 1.82) is 0 Å². The number of aromatic nitrogens is 4. The molecular weight excluding hydrogens is 378 g/mol. The highest BCUT2D eigenvalue weighted by Crippen LogP contribution is 2.32. The second-order valence-electron chi connectivity index (χ2n) is 6.69. The van der Waals surface area contributed by atoms with Crippen molar-refractivity contribution in [2.24, 2.45) is 0 Å². The summed E-state index contributed by atoms with van der Waals surface area (Å²) in [6.45, 7) is 4.72. The highest BCUT2D eigenvalue weighted by atomic mass is 19.4. The van der Waals surface area contributed by atoms with Crippen molar-refractivity contribution in [1.82, 2.24) is 19.8 Å². The van der Waals surface area contributed by atoms with E-state index in [2.05, 4.69) is 15.3 Å². The first-order valence-electron chi connectivity index (χ1n) is 8.67. The van der Waals surface area contributed by atoms with E-state index < -0.39 is 12.0 Å². The van der Waals surface area contributed by atoms with E-state index in [-0.39, 0.29) is 17.6 Å². The lowest BCUT2D eigenvalue weighted by atomic mass is 10.1. The summed E-state index contributed by atoms with van der Waals surface area (Å²) in [7, 11) is 0. The van der Waals surface area contributed by atoms with Gasteiger partial charge in [-0.05, 0) is 31.5 Å². The normalized spacial score (nSPS) is 18.1. The lowest BCUT2D eigenvalue weighted by molar-refractivity contribution is -0.146. The van der Waals surface area contributed by atoms with E-state index in [0.717, 1.165) is 15.6 Å². The van der Waals surface area contributed by atoms with Crippen LogP contribution in [0.15, 0.2) is 24.3 Å². The van der Waals surface area contributed by atoms with Gasteiger partial charge in [-0.15, -0.1) is 15.3 Å². The van der Waals surface area contributed by atoms with Crippen LogP contribution in [0.5, 0.6) is 0 Å². The summed E-state index contributed by atoms with van der Waals surface area (Å²) in [5, 5.41) is 11.1. The highest BCUT2D eigenvalue weighted by Gasteiger charge is 2.38. The van der Waals surface area contributed by atoms with E-state index in [1.807, 2.05) is 4.90 Å². The molecule has 1 fully saturated rings. The van der Waals surface area contributed by atoms with Crippen LogP contribution in [0.2, 0.25) is 0 Å². The molecule has 1 unspecified atom stereocenters. The number of aryl methyl sites for hydroxylation is 1. The Bertz CT molecular complexity index is 1020. The van der Waals surface area contributed by atoms with Gasteiger partial charge in [0, 0.05) is 24.2 Å². The third-order valence-corrected chi connectivity index (χ3v) is 4.93. The van der Waals surface area contributed by atoms with Crippen molar-refractivity contribution in [3.8, 4) is 0 Å². The number of hydrogen-bond donors (Lipinski definition) is 0. The average molecular weight is 395 g/mol. The molecule has 3 heterocycles. The second kappa shape index (κ2) is 6.69. The minimum absolute atomic E-state index is 0.0805. The van der Waals surface area contributed by atoms with Gasteiger partial charge in [-0.25, -0.2) is 4.39 Å². The number of anilines is 1. The van der Waals surface area contributed by atoms with Crippen molar-refractivity contribution in [2.75, 3.05) is 24.6 Å². The zero-order valence-electron chi connectivity index (χ0n) is 15.2. The van der Waals surface area contributed by atoms with Crippen LogP contribution in [0, 0.1) is 19.7 Å². The molecule has 0 spiro atoms. The summed E-state index contributed by atoms with van der Waals surface area (Å²) in [6.07, 6.45) is -5.00. The third kappa shape index (κ3) is 3.17. The standard InChI is InChI=1S/C18H17F4N5O/c1-10-11(2)16(25-27-15(10)23-24-17(27)18(20,21)22)26-7-8-28-14(9-26)12-3-5-13(19)6-4-12/h3-6,14H,7-9H2,1-2H3. The molecule has 1 aromatic carbocycles. The number of hydrogen-bond acceptors (Lipinski definition) is 5. The summed E-state index contributed by atoms with van der Waals surface area (Å²) in [6, 6.07) is 5.98. The molecule has 28 heavy (non-hydrogen) atoms. The molecule has 0 bridgehead atoms. The Morgan fingerprint density at radius 3 is 2.46 bits per heavy atom. The summed E-state index contributed by atoms with van der Waals surface area (Å²) < 4.78 is 59.4. The van der Waals surface area contributed by atoms with Crippen molar-refractivity contribution in [3.05, 3.63) is 52.6 Å². The molecule has 2 aromatic heterocycles. The lowest BCUT2D eigenvalue weighted by Gasteiger charge is -2.35. The van der Waals surface area contributed by atoms with Crippen LogP contribution in [-0.4, -0.2) is 39.5 Å². The molecule has 0 N–H and O–H groups in total. The van der Waals surface area contributed by atoms with E-state index in [1.54, 1.807) is 26.0 Å². The molecule has 1 saturated heterocycles. The molecule has 0 radical (unpaired) electrons. The Balaban J connectivity index is 1.73. The topological polar surface area (TPSA) is 55.5 Å². The van der Waals surface area contributed by atoms with Crippen LogP contribution in [0.1, 0.15) is 28.6 Å². The number of nitrogens with zero attached hydrogens (tertiary/aromatic N) is 5. The van der Waals surface area contributed by atoms with Crippen LogP contribution in [0.4, 0.5) is 23.4 Å². The number of fused-ring (bicyclic) bond motifs is 1. The number of rotatable bonds is 2. The Morgan fingerprint density at radius 1 is 1.07 bits per heavy atom. The van der Waals surface area contributed by atoms with Crippen molar-refractivity contribution in [2.45, 2.75) is 26.1 Å². The molecule has 0 saturated carbocycles. The van der Waals surface area contributed by atoms with E-state index in [1.165, 1.54) is 12.1 Å². The number of benzene rings is 1. The zero-order valence-corrected chi connectivity index (χ0v) is 15.2. The zero-order chi connectivity index (χ0) is 20.1. The fourth-order valence-corrected chi connectivity index (χ4v) is 3.31. The Kier molecular flexibility index (Phi) is 4.45. The number of halogens is 4. The minimum Gasteiger partial charge on any atom is -0.370 e. The largest absolute Gasteiger partial charge is 0.453 e. The molecule has 6 nitrogen and oxygen atoms in total. The second-order valence-corrected chi connectivity index (χ2v) is 6.69. The molecular formula is C18H17F4N5O. The van der Waals surface area contributed by atoms with Crippen molar-refractivity contribution < 1.29 is 22.3 Å². The van der Waals surface area contributed by atoms with Gasteiger partial charge in [-0.3, -0.25) is 0 Å². The molecule has 10 heteroatoms. The molecule has 3 aromatic rings. The van der Waals surface area contributed by atoms with Crippen molar-refractivity contribution in [3.63, 3.8) is 0 Å². The Labute approximate surface area is 157 Å². The van der Waals surface area contributed by atoms with Gasteiger partial charge < -0.3 is 9.64 Å². The first-order valence-corrected chi connectivity index (χ1v) is 8.67. The SMILES string of the molecule is Cc1c(N2CCOC(c3ccc(F)cc3)C2)nn2c(C(F)(F)F)nnc2c1C. The van der Waals surface area contributed by atoms with Gasteiger partial charge in [0.25, 0.3) is 5.82 Å². The number of alkyl halides is 3. The summed E-state index contributed by atoms with van der Waals surface area (Å²) in [5.74, 6) is -1.08. The van der Waals surface area contributed by atoms with Gasteiger partial charge in [-0.2, -0.15) is 17.7 Å². The van der Waals surface area contributed by atoms with Crippen LogP contribution in [0.25, 0.3) is 5.65 Å². The van der Waals surface area contributed by atoms with E-state index in [0.29, 0.717) is 31.1 Å². The van der Waals surface area contributed by atoms with E-state index >= 15 is 0 Å². The summed E-state index contributed by atoms with van der Waals surface area (Å²) in [4.78, 5) is 1.87. The quantitative estimate of drug-likeness (QED) is 0.622. The first kappa shape index (κ1) is 18.6. The highest BCUT2D eigenvalue weighted by molar-refractivity contribution is 5.59. The molecule has 1 atom stereocenters. The summed E-state index contributed by atoms with van der Waals surface area (Å²) >= 11 is 0. The minimum atomic E-state index is -4.66. The molecule has 1 aliphatic rings. The van der Waals surface area contributed by atoms with Crippen LogP contribution >= 0.6 is 0 Å². The number of morpholine rings is 1. The van der Waals surface area contributed by atoms with Crippen LogP contribution < -0.4 is 4.90 Å². The fraction of sp³-hybridized carbons (Fsp3) is 0.389. The van der Waals surface area contributed by atoms with Gasteiger partial charge in [0.15, 0.2) is 11.5 Å². The third-order valence-electron chi connectivity index (χ3n) is 4.93. The maximum Gasteiger partial charge on any atom is 0.453 e. The molecule has 0 amide bonds. The van der Waals surface area contributed by atoms with Gasteiger partial charge in [-0.1, -0.05) is 12.1 Å². The molecule has 148 valence electrons. The monoisotopic (exact) mass is 395 g/mol. The van der Waals surface area contributed by atoms with Crippen molar-refractivity contribution >= 4 is 11.5 Å². The Morgan fingerprint density at radius 2 is 1.79 bits per heavy atom. The predicted molar refractivity (Wildman–Crippen MR) is 92.6 cm³/mol. The molecule has 4 rings (SSSR count). The Hall–Kier alpha value is -2.75. The van der Waals surface area contributed by atoms with Gasteiger partial charge in [0.05, 0.1) is 6.61 Å². The van der Waals surface area contributed by atoms with Crippen LogP contribution in [0.3, 0.4) is 0 Å². The maximum absolute atomic E-state index is 13.2. The molecule has 1 aliphatic heterocycles. The van der Waals surface area contributed by atoms with E-state index in [9.17, 15) is 17.6 Å². The van der Waals surface area contributed by atoms with E-state index in [4.69, 9.17) is 4.74 Å². The first-order chi connectivity index (χ1) is 13.3. The number of ether oxygens (including phenoxy) is 1. The summed E-state index contributed by atoms with van der Waals surface area (Å²) in [5.41, 5.74) is 2.19. The van der Waals surface area contributed by atoms with Gasteiger partial charge in [0.2, 0.25) is 0 Å². The lowest BCUT2D eigenvalue weighted by Crippen LogP contribution is -2.39. The fourth-order valence-electron chi connectivity index (χ4n) is 3.31. The smallest absolute Gasteiger partial charge is 0.370 e. The average Bonchev–Trinajstić information content (AvgIpc) is 3.10. The van der Waals surface area contributed by atoms with Crippen LogP contribution in [-0.2, 0) is 10.9 Å². The van der Waals surface area contributed by atoms with Gasteiger partial charge in [0.1, 0.15) is 11.9 Å². The predicted octanol–water partition coefficient (Wildman–Crippen LogP) is 3.48.